The number of nitrogens with one attached hydrogen (secondary N) is 2. The van der Waals surface area contributed by atoms with Crippen LogP contribution in [0.25, 0.3) is 5.52 Å². The second kappa shape index (κ2) is 7.36. The molecule has 0 saturated heterocycles. The minimum absolute atomic E-state index is 0.0608. The van der Waals surface area contributed by atoms with E-state index in [4.69, 9.17) is 0 Å². The fourth-order valence-electron chi connectivity index (χ4n) is 3.21. The lowest BCUT2D eigenvalue weighted by Crippen LogP contribution is -2.17. The van der Waals surface area contributed by atoms with Crippen LogP contribution in [0.1, 0.15) is 37.7 Å². The molecule has 2 N–H and O–H groups in total. The molecule has 0 saturated carbocycles. The number of pyridine rings is 1. The number of hydrazone groups is 1. The number of carbonyl (C=O) groups is 2. The molecule has 0 aliphatic carbocycles. The Kier molecular flexibility index (Phi) is 4.60. The smallest absolute Gasteiger partial charge is 0.287 e. The number of fused-ring (bicyclic) bond motifs is 1. The average molecular weight is 370 g/mol. The predicted octanol–water partition coefficient (Wildman–Crippen LogP) is 3.57. The second-order valence-electron chi connectivity index (χ2n) is 6.32. The molecule has 0 unspecified atom stereocenters. The van der Waals surface area contributed by atoms with Crippen LogP contribution < -0.4 is 5.43 Å². The zero-order chi connectivity index (χ0) is 19.5. The van der Waals surface area contributed by atoms with Crippen molar-refractivity contribution in [2.24, 2.45) is 5.10 Å². The highest BCUT2D eigenvalue weighted by Gasteiger charge is 2.20. The van der Waals surface area contributed by atoms with Gasteiger partial charge in [-0.25, -0.2) is 5.43 Å². The number of benzene rings is 1. The second-order valence-corrected chi connectivity index (χ2v) is 6.32. The number of hydrogen-bond donors (Lipinski definition) is 2. The van der Waals surface area contributed by atoms with Gasteiger partial charge in [0.05, 0.1) is 17.4 Å². The van der Waals surface area contributed by atoms with Crippen molar-refractivity contribution < 1.29 is 9.59 Å². The molecule has 3 heterocycles. The molecule has 1 amide bonds. The van der Waals surface area contributed by atoms with Gasteiger partial charge in [-0.15, -0.1) is 0 Å². The van der Waals surface area contributed by atoms with E-state index in [1.54, 1.807) is 36.7 Å². The largest absolute Gasteiger partial charge is 0.357 e. The van der Waals surface area contributed by atoms with Crippen molar-refractivity contribution in [3.8, 4) is 0 Å². The van der Waals surface area contributed by atoms with E-state index in [0.29, 0.717) is 17.0 Å². The van der Waals surface area contributed by atoms with E-state index in [1.807, 2.05) is 53.9 Å². The van der Waals surface area contributed by atoms with Crippen LogP contribution in [0.4, 0.5) is 0 Å². The fourth-order valence-corrected chi connectivity index (χ4v) is 3.21. The number of carbonyl (C=O) groups excluding carboxylic acids is 2. The molecule has 3 aromatic heterocycles. The van der Waals surface area contributed by atoms with Gasteiger partial charge in [0.2, 0.25) is 5.78 Å². The van der Waals surface area contributed by atoms with E-state index < -0.39 is 0 Å². The summed E-state index contributed by atoms with van der Waals surface area (Å²) in [5.74, 6) is -0.391. The Labute approximate surface area is 161 Å². The standard InChI is InChI=1S/C22H18N4O2/c1-15-17(14-24-25-22(28)18-10-7-12-23-18)19-11-5-6-13-26(19)20(15)21(27)16-8-3-2-4-9-16/h2-14,23H,1H3,(H,25,28)/b24-14-. The Hall–Kier alpha value is -3.93. The summed E-state index contributed by atoms with van der Waals surface area (Å²) in [6, 6.07) is 18.3. The third-order valence-electron chi connectivity index (χ3n) is 4.59. The Morgan fingerprint density at radius 2 is 1.82 bits per heavy atom. The summed E-state index contributed by atoms with van der Waals surface area (Å²) in [5.41, 5.74) is 6.56. The lowest BCUT2D eigenvalue weighted by Gasteiger charge is -2.03. The van der Waals surface area contributed by atoms with Gasteiger partial charge in [-0.3, -0.25) is 9.59 Å². The van der Waals surface area contributed by atoms with Crippen LogP contribution in [0.15, 0.2) is 78.2 Å². The van der Waals surface area contributed by atoms with E-state index >= 15 is 0 Å². The Morgan fingerprint density at radius 1 is 1.04 bits per heavy atom. The van der Waals surface area contributed by atoms with E-state index in [2.05, 4.69) is 15.5 Å². The van der Waals surface area contributed by atoms with E-state index in [0.717, 1.165) is 16.6 Å². The number of ketones is 1. The van der Waals surface area contributed by atoms with Crippen molar-refractivity contribution in [1.29, 1.82) is 0 Å². The number of rotatable bonds is 5. The van der Waals surface area contributed by atoms with Crippen molar-refractivity contribution in [2.45, 2.75) is 6.92 Å². The molecule has 4 rings (SSSR count). The Morgan fingerprint density at radius 3 is 2.57 bits per heavy atom. The maximum atomic E-state index is 13.1. The molecule has 4 aromatic rings. The number of nitrogens with zero attached hydrogens (tertiary/aromatic N) is 2. The number of amides is 1. The molecule has 0 fully saturated rings. The minimum Gasteiger partial charge on any atom is -0.357 e. The first-order valence-corrected chi connectivity index (χ1v) is 8.83. The molecule has 6 heteroatoms. The number of hydrogen-bond acceptors (Lipinski definition) is 3. The number of aromatic nitrogens is 2. The van der Waals surface area contributed by atoms with Crippen molar-refractivity contribution in [2.75, 3.05) is 0 Å². The highest BCUT2D eigenvalue weighted by Crippen LogP contribution is 2.24. The minimum atomic E-state index is -0.331. The van der Waals surface area contributed by atoms with Gasteiger partial charge >= 0.3 is 0 Å². The van der Waals surface area contributed by atoms with Gasteiger partial charge in [-0.05, 0) is 36.8 Å². The third kappa shape index (κ3) is 3.12. The van der Waals surface area contributed by atoms with Crippen molar-refractivity contribution >= 4 is 23.4 Å². The van der Waals surface area contributed by atoms with Crippen LogP contribution in [-0.2, 0) is 0 Å². The molecule has 0 aliphatic rings. The van der Waals surface area contributed by atoms with E-state index in [1.165, 1.54) is 0 Å². The first-order chi connectivity index (χ1) is 13.7. The van der Waals surface area contributed by atoms with Crippen molar-refractivity contribution in [1.82, 2.24) is 14.8 Å². The lowest BCUT2D eigenvalue weighted by molar-refractivity contribution is 0.0950. The monoisotopic (exact) mass is 370 g/mol. The van der Waals surface area contributed by atoms with Crippen LogP contribution in [0.3, 0.4) is 0 Å². The highest BCUT2D eigenvalue weighted by atomic mass is 16.2. The molecule has 0 aliphatic heterocycles. The molecule has 138 valence electrons. The van der Waals surface area contributed by atoms with Gasteiger partial charge in [0.1, 0.15) is 5.69 Å². The zero-order valence-electron chi connectivity index (χ0n) is 15.2. The number of aromatic amines is 1. The molecule has 0 atom stereocenters. The molecule has 28 heavy (non-hydrogen) atoms. The number of H-pyrrole nitrogens is 1. The molecule has 0 bridgehead atoms. The SMILES string of the molecule is Cc1c(/C=N\NC(=O)c2ccc[nH]2)c2ccccn2c1C(=O)c1ccccc1. The average Bonchev–Trinajstić information content (AvgIpc) is 3.35. The van der Waals surface area contributed by atoms with Crippen molar-refractivity contribution in [3.05, 3.63) is 101 Å². The summed E-state index contributed by atoms with van der Waals surface area (Å²) < 4.78 is 1.86. The predicted molar refractivity (Wildman–Crippen MR) is 108 cm³/mol. The maximum Gasteiger partial charge on any atom is 0.287 e. The van der Waals surface area contributed by atoms with Crippen LogP contribution in [-0.4, -0.2) is 27.3 Å². The zero-order valence-corrected chi connectivity index (χ0v) is 15.2. The third-order valence-corrected chi connectivity index (χ3v) is 4.59. The quantitative estimate of drug-likeness (QED) is 0.320. The Bertz CT molecular complexity index is 1170. The van der Waals surface area contributed by atoms with Gasteiger partial charge < -0.3 is 9.38 Å². The maximum absolute atomic E-state index is 13.1. The summed E-state index contributed by atoms with van der Waals surface area (Å²) in [5, 5.41) is 4.08. The van der Waals surface area contributed by atoms with Crippen LogP contribution in [0.5, 0.6) is 0 Å². The Balaban J connectivity index is 1.71. The van der Waals surface area contributed by atoms with Crippen LogP contribution in [0, 0.1) is 6.92 Å². The first kappa shape index (κ1) is 17.5. The van der Waals surface area contributed by atoms with Gasteiger partial charge in [-0.1, -0.05) is 36.4 Å². The molecular formula is C22H18N4O2. The summed E-state index contributed by atoms with van der Waals surface area (Å²) >= 11 is 0. The summed E-state index contributed by atoms with van der Waals surface area (Å²) in [6.07, 6.45) is 5.10. The van der Waals surface area contributed by atoms with Gasteiger partial charge in [0, 0.05) is 23.5 Å². The molecule has 1 aromatic carbocycles. The highest BCUT2D eigenvalue weighted by molar-refractivity contribution is 6.12. The fraction of sp³-hybridized carbons (Fsp3) is 0.0455. The van der Waals surface area contributed by atoms with E-state index in [-0.39, 0.29) is 11.7 Å². The summed E-state index contributed by atoms with van der Waals surface area (Å²) in [7, 11) is 0. The molecule has 0 spiro atoms. The summed E-state index contributed by atoms with van der Waals surface area (Å²) in [4.78, 5) is 27.9. The first-order valence-electron chi connectivity index (χ1n) is 8.83. The van der Waals surface area contributed by atoms with Gasteiger partial charge in [0.15, 0.2) is 0 Å². The van der Waals surface area contributed by atoms with Crippen LogP contribution in [0.2, 0.25) is 0 Å². The van der Waals surface area contributed by atoms with E-state index in [9.17, 15) is 9.59 Å². The van der Waals surface area contributed by atoms with Gasteiger partial charge in [0.25, 0.3) is 5.91 Å². The van der Waals surface area contributed by atoms with Gasteiger partial charge in [-0.2, -0.15) is 5.10 Å². The summed E-state index contributed by atoms with van der Waals surface area (Å²) in [6.45, 7) is 1.89. The normalized spacial score (nSPS) is 11.2. The van der Waals surface area contributed by atoms with Crippen LogP contribution >= 0.6 is 0 Å². The topological polar surface area (TPSA) is 78.7 Å². The molecular weight excluding hydrogens is 352 g/mol. The lowest BCUT2D eigenvalue weighted by atomic mass is 10.0. The molecule has 6 nitrogen and oxygen atoms in total. The van der Waals surface area contributed by atoms with Crippen molar-refractivity contribution in [3.63, 3.8) is 0 Å². The molecule has 0 radical (unpaired) electrons.